The average Bonchev–Trinajstić information content (AvgIpc) is 3.32. The molecule has 34 heavy (non-hydrogen) atoms. The van der Waals surface area contributed by atoms with Crippen molar-refractivity contribution in [1.82, 2.24) is 9.55 Å². The molecule has 5 rings (SSSR count). The van der Waals surface area contributed by atoms with Crippen LogP contribution in [0.15, 0.2) is 66.7 Å². The zero-order valence-corrected chi connectivity index (χ0v) is 17.9. The van der Waals surface area contributed by atoms with Gasteiger partial charge in [0, 0.05) is 0 Å². The topological polar surface area (TPSA) is 81.5 Å². The van der Waals surface area contributed by atoms with Gasteiger partial charge in [-0.15, -0.1) is 0 Å². The van der Waals surface area contributed by atoms with Gasteiger partial charge in [0.25, 0.3) is 11.8 Å². The Morgan fingerprint density at radius 3 is 2.44 bits per heavy atom. The van der Waals surface area contributed by atoms with E-state index in [2.05, 4.69) is 4.98 Å². The number of rotatable bonds is 5. The summed E-state index contributed by atoms with van der Waals surface area (Å²) in [5.74, 6) is -1.98. The summed E-state index contributed by atoms with van der Waals surface area (Å²) < 4.78 is 33.1. The van der Waals surface area contributed by atoms with Crippen LogP contribution in [0.2, 0.25) is 0 Å². The lowest BCUT2D eigenvalue weighted by molar-refractivity contribution is 0.0387. The molecular formula is C25H17F2N3O4. The van der Waals surface area contributed by atoms with Crippen molar-refractivity contribution in [3.05, 3.63) is 94.8 Å². The van der Waals surface area contributed by atoms with E-state index in [-0.39, 0.29) is 28.0 Å². The number of imidazole rings is 1. The van der Waals surface area contributed by atoms with Crippen molar-refractivity contribution in [3.63, 3.8) is 0 Å². The molecule has 0 radical (unpaired) electrons. The Bertz CT molecular complexity index is 1480. The Balaban J connectivity index is 1.39. The summed E-state index contributed by atoms with van der Waals surface area (Å²) >= 11 is 0. The van der Waals surface area contributed by atoms with E-state index in [0.29, 0.717) is 15.8 Å². The molecule has 9 heteroatoms. The fourth-order valence-corrected chi connectivity index (χ4v) is 4.03. The second-order valence-electron chi connectivity index (χ2n) is 7.73. The van der Waals surface area contributed by atoms with Crippen molar-refractivity contribution in [2.45, 2.75) is 20.1 Å². The van der Waals surface area contributed by atoms with Crippen LogP contribution in [0.1, 0.15) is 49.0 Å². The molecule has 0 saturated heterocycles. The molecule has 0 unspecified atom stereocenters. The number of fused-ring (bicyclic) bond motifs is 2. The molecule has 0 N–H and O–H groups in total. The Hall–Kier alpha value is -4.40. The van der Waals surface area contributed by atoms with E-state index in [1.165, 1.54) is 24.3 Å². The zero-order valence-electron chi connectivity index (χ0n) is 17.9. The van der Waals surface area contributed by atoms with Crippen LogP contribution in [0.4, 0.5) is 14.5 Å². The molecule has 4 aromatic rings. The van der Waals surface area contributed by atoms with Crippen LogP contribution in [0.3, 0.4) is 0 Å². The molecule has 1 aromatic heterocycles. The van der Waals surface area contributed by atoms with Crippen molar-refractivity contribution < 1.29 is 27.9 Å². The van der Waals surface area contributed by atoms with Crippen LogP contribution < -0.4 is 4.90 Å². The first-order chi connectivity index (χ1) is 16.4. The number of halogens is 2. The van der Waals surface area contributed by atoms with E-state index in [4.69, 9.17) is 4.74 Å². The number of anilines is 1. The molecule has 2 heterocycles. The number of alkyl halides is 2. The number of amides is 2. The van der Waals surface area contributed by atoms with Crippen molar-refractivity contribution in [1.29, 1.82) is 0 Å². The highest BCUT2D eigenvalue weighted by Crippen LogP contribution is 2.31. The molecule has 1 aliphatic heterocycles. The second kappa shape index (κ2) is 8.18. The highest BCUT2D eigenvalue weighted by molar-refractivity contribution is 6.34. The van der Waals surface area contributed by atoms with Gasteiger partial charge in [0.1, 0.15) is 6.61 Å². The Labute approximate surface area is 192 Å². The van der Waals surface area contributed by atoms with E-state index in [0.717, 1.165) is 10.5 Å². The van der Waals surface area contributed by atoms with E-state index in [9.17, 15) is 23.2 Å². The number of aryl methyl sites for hydroxylation is 1. The lowest BCUT2D eigenvalue weighted by Gasteiger charge is -2.16. The average molecular weight is 461 g/mol. The smallest absolute Gasteiger partial charge is 0.338 e. The minimum absolute atomic E-state index is 0.0197. The quantitative estimate of drug-likeness (QED) is 0.312. The summed E-state index contributed by atoms with van der Waals surface area (Å²) in [5, 5.41) is 0. The maximum Gasteiger partial charge on any atom is 0.338 e. The molecule has 7 nitrogen and oxygen atoms in total. The fourth-order valence-electron chi connectivity index (χ4n) is 4.03. The number of hydrogen-bond acceptors (Lipinski definition) is 5. The van der Waals surface area contributed by atoms with Crippen LogP contribution in [-0.2, 0) is 11.3 Å². The highest BCUT2D eigenvalue weighted by atomic mass is 19.3. The number of hydrogen-bond donors (Lipinski definition) is 0. The van der Waals surface area contributed by atoms with Crippen molar-refractivity contribution in [2.75, 3.05) is 4.90 Å². The van der Waals surface area contributed by atoms with E-state index in [1.807, 2.05) is 0 Å². The lowest BCUT2D eigenvalue weighted by atomic mass is 10.1. The summed E-state index contributed by atoms with van der Waals surface area (Å²) in [6.45, 7) is -1.57. The first-order valence-electron chi connectivity index (χ1n) is 10.4. The first kappa shape index (κ1) is 21.4. The van der Waals surface area contributed by atoms with Crippen molar-refractivity contribution >= 4 is 34.5 Å². The summed E-state index contributed by atoms with van der Waals surface area (Å²) in [4.78, 5) is 43.7. The molecule has 0 bridgehead atoms. The summed E-state index contributed by atoms with van der Waals surface area (Å²) in [7, 11) is 0. The molecule has 2 amide bonds. The lowest BCUT2D eigenvalue weighted by Crippen LogP contribution is -2.29. The summed E-state index contributed by atoms with van der Waals surface area (Å²) in [6, 6.07) is 17.4. The molecule has 3 aromatic carbocycles. The molecule has 0 aliphatic carbocycles. The number of benzene rings is 3. The van der Waals surface area contributed by atoms with Gasteiger partial charge in [0.15, 0.2) is 5.82 Å². The van der Waals surface area contributed by atoms with Crippen LogP contribution >= 0.6 is 0 Å². The predicted octanol–water partition coefficient (Wildman–Crippen LogP) is 4.90. The van der Waals surface area contributed by atoms with Gasteiger partial charge in [-0.05, 0) is 48.9 Å². The van der Waals surface area contributed by atoms with Gasteiger partial charge < -0.3 is 4.74 Å². The van der Waals surface area contributed by atoms with E-state index < -0.39 is 30.9 Å². The Morgan fingerprint density at radius 2 is 1.68 bits per heavy atom. The van der Waals surface area contributed by atoms with Gasteiger partial charge in [-0.1, -0.05) is 30.3 Å². The molecular weight excluding hydrogens is 444 g/mol. The number of esters is 1. The fraction of sp³-hybridized carbons (Fsp3) is 0.120. The molecule has 0 fully saturated rings. The van der Waals surface area contributed by atoms with E-state index >= 15 is 0 Å². The van der Waals surface area contributed by atoms with Gasteiger partial charge >= 0.3 is 12.5 Å². The van der Waals surface area contributed by atoms with Crippen LogP contribution in [-0.4, -0.2) is 27.3 Å². The standard InChI is InChI=1S/C25H17F2N3O4/c1-14-6-2-4-8-19(14)30-22(31)16-11-10-15(12-17(16)23(30)32)24(33)34-13-21-28-18-7-3-5-9-20(18)29(21)25(26)27/h2-12,25H,13H2,1H3. The number of carbonyl (C=O) groups is 3. The number of nitrogens with zero attached hydrogens (tertiary/aromatic N) is 3. The second-order valence-corrected chi connectivity index (χ2v) is 7.73. The number of carbonyl (C=O) groups excluding carboxylic acids is 3. The van der Waals surface area contributed by atoms with Gasteiger partial charge in [-0.2, -0.15) is 8.78 Å². The number of ether oxygens (including phenoxy) is 1. The van der Waals surface area contributed by atoms with Crippen molar-refractivity contribution in [3.8, 4) is 0 Å². The van der Waals surface area contributed by atoms with Crippen LogP contribution in [0.25, 0.3) is 11.0 Å². The molecule has 0 atom stereocenters. The van der Waals surface area contributed by atoms with Crippen molar-refractivity contribution in [2.24, 2.45) is 0 Å². The summed E-state index contributed by atoms with van der Waals surface area (Å²) in [5.41, 5.74) is 2.05. The van der Waals surface area contributed by atoms with Gasteiger partial charge in [0.2, 0.25) is 0 Å². The predicted molar refractivity (Wildman–Crippen MR) is 119 cm³/mol. The molecule has 0 saturated carbocycles. The summed E-state index contributed by atoms with van der Waals surface area (Å²) in [6.07, 6.45) is 0. The number of aromatic nitrogens is 2. The highest BCUT2D eigenvalue weighted by Gasteiger charge is 2.37. The molecule has 0 spiro atoms. The maximum absolute atomic E-state index is 13.6. The number of para-hydroxylation sites is 3. The third-order valence-electron chi connectivity index (χ3n) is 5.68. The maximum atomic E-state index is 13.6. The number of imide groups is 1. The van der Waals surface area contributed by atoms with Crippen LogP contribution in [0.5, 0.6) is 0 Å². The Kier molecular flexibility index (Phi) is 5.16. The van der Waals surface area contributed by atoms with Crippen LogP contribution in [0, 0.1) is 6.92 Å². The SMILES string of the molecule is Cc1ccccc1N1C(=O)c2ccc(C(=O)OCc3nc4ccccc4n3C(F)F)cc2C1=O. The third-order valence-corrected chi connectivity index (χ3v) is 5.68. The van der Waals surface area contributed by atoms with E-state index in [1.54, 1.807) is 49.4 Å². The molecule has 170 valence electrons. The normalized spacial score (nSPS) is 13.1. The third kappa shape index (κ3) is 3.42. The van der Waals surface area contributed by atoms with Gasteiger partial charge in [0.05, 0.1) is 33.4 Å². The Morgan fingerprint density at radius 1 is 0.971 bits per heavy atom. The largest absolute Gasteiger partial charge is 0.454 e. The minimum Gasteiger partial charge on any atom is -0.454 e. The monoisotopic (exact) mass is 461 g/mol. The first-order valence-corrected chi connectivity index (χ1v) is 10.4. The minimum atomic E-state index is -2.86. The van der Waals surface area contributed by atoms with Gasteiger partial charge in [-0.3, -0.25) is 14.2 Å². The van der Waals surface area contributed by atoms with Gasteiger partial charge in [-0.25, -0.2) is 14.7 Å². The molecule has 1 aliphatic rings. The zero-order chi connectivity index (χ0) is 24.0.